The molecule has 1 fully saturated rings. The van der Waals surface area contributed by atoms with Crippen LogP contribution in [0.15, 0.2) is 18.7 Å². The Balaban J connectivity index is 1.75. The van der Waals surface area contributed by atoms with Crippen LogP contribution in [0.3, 0.4) is 0 Å². The van der Waals surface area contributed by atoms with Crippen molar-refractivity contribution in [3.63, 3.8) is 0 Å². The highest BCUT2D eigenvalue weighted by Gasteiger charge is 2.31. The lowest BCUT2D eigenvalue weighted by Gasteiger charge is -2.20. The fourth-order valence-electron chi connectivity index (χ4n) is 1.60. The van der Waals surface area contributed by atoms with Gasteiger partial charge in [-0.05, 0) is 0 Å². The highest BCUT2D eigenvalue weighted by Crippen LogP contribution is 2.16. The lowest BCUT2D eigenvalue weighted by atomic mass is 10.0. The van der Waals surface area contributed by atoms with Crippen molar-refractivity contribution < 1.29 is 9.84 Å². The van der Waals surface area contributed by atoms with Crippen molar-refractivity contribution in [3.05, 3.63) is 24.3 Å². The smallest absolute Gasteiger partial charge is 0.115 e. The molecule has 0 bridgehead atoms. The predicted octanol–water partition coefficient (Wildman–Crippen LogP) is -0.282. The van der Waals surface area contributed by atoms with E-state index in [1.807, 2.05) is 0 Å². The number of nitrogens with zero attached hydrogens (tertiary/aromatic N) is 2. The largest absolute Gasteiger partial charge is 0.386 e. The van der Waals surface area contributed by atoms with Gasteiger partial charge in [-0.15, -0.1) is 0 Å². The molecule has 1 saturated heterocycles. The summed E-state index contributed by atoms with van der Waals surface area (Å²) in [5.41, 5.74) is 0.315. The Bertz CT molecular complexity index is 299. The molecule has 1 aliphatic rings. The SMILES string of the molecule is OC1(CNCc2cncnc2)CCOC1. The maximum Gasteiger partial charge on any atom is 0.115 e. The molecule has 1 aromatic rings. The average Bonchev–Trinajstić information content (AvgIpc) is 2.67. The number of nitrogens with one attached hydrogen (secondary N) is 1. The summed E-state index contributed by atoms with van der Waals surface area (Å²) in [6.07, 6.45) is 5.72. The second-order valence-electron chi connectivity index (χ2n) is 3.88. The van der Waals surface area contributed by atoms with Crippen molar-refractivity contribution in [1.82, 2.24) is 15.3 Å². The van der Waals surface area contributed by atoms with Crippen LogP contribution in [0.1, 0.15) is 12.0 Å². The summed E-state index contributed by atoms with van der Waals surface area (Å²) in [6.45, 7) is 2.28. The Hall–Kier alpha value is -1.04. The first-order chi connectivity index (χ1) is 7.29. The summed E-state index contributed by atoms with van der Waals surface area (Å²) in [4.78, 5) is 7.83. The number of ether oxygens (including phenoxy) is 1. The van der Waals surface area contributed by atoms with Gasteiger partial charge in [0, 0.05) is 44.1 Å². The third-order valence-corrected chi connectivity index (χ3v) is 2.48. The lowest BCUT2D eigenvalue weighted by Crippen LogP contribution is -2.40. The van der Waals surface area contributed by atoms with Crippen LogP contribution in [0, 0.1) is 0 Å². The summed E-state index contributed by atoms with van der Waals surface area (Å²) in [5.74, 6) is 0. The summed E-state index contributed by atoms with van der Waals surface area (Å²) >= 11 is 0. The van der Waals surface area contributed by atoms with Gasteiger partial charge in [0.25, 0.3) is 0 Å². The first-order valence-corrected chi connectivity index (χ1v) is 5.03. The van der Waals surface area contributed by atoms with E-state index in [9.17, 15) is 5.11 Å². The number of hydrogen-bond donors (Lipinski definition) is 2. The van der Waals surface area contributed by atoms with Crippen molar-refractivity contribution in [3.8, 4) is 0 Å². The van der Waals surface area contributed by atoms with Gasteiger partial charge in [0.1, 0.15) is 11.9 Å². The zero-order chi connectivity index (χ0) is 10.6. The Morgan fingerprint density at radius 2 is 2.27 bits per heavy atom. The molecule has 2 rings (SSSR count). The van der Waals surface area contributed by atoms with Crippen LogP contribution >= 0.6 is 0 Å². The molecule has 1 atom stereocenters. The minimum atomic E-state index is -0.699. The second-order valence-corrected chi connectivity index (χ2v) is 3.88. The van der Waals surface area contributed by atoms with Crippen LogP contribution in [0.2, 0.25) is 0 Å². The topological polar surface area (TPSA) is 67.3 Å². The highest BCUT2D eigenvalue weighted by atomic mass is 16.5. The first-order valence-electron chi connectivity index (χ1n) is 5.03. The fraction of sp³-hybridized carbons (Fsp3) is 0.600. The van der Waals surface area contributed by atoms with E-state index in [4.69, 9.17) is 4.74 Å². The Morgan fingerprint density at radius 3 is 2.93 bits per heavy atom. The van der Waals surface area contributed by atoms with Crippen molar-refractivity contribution in [2.75, 3.05) is 19.8 Å². The summed E-state index contributed by atoms with van der Waals surface area (Å²) < 4.78 is 5.15. The van der Waals surface area contributed by atoms with E-state index in [2.05, 4.69) is 15.3 Å². The number of aromatic nitrogens is 2. The van der Waals surface area contributed by atoms with Crippen LogP contribution in [0.5, 0.6) is 0 Å². The van der Waals surface area contributed by atoms with Gasteiger partial charge in [-0.2, -0.15) is 0 Å². The number of aliphatic hydroxyl groups is 1. The third-order valence-electron chi connectivity index (χ3n) is 2.48. The van der Waals surface area contributed by atoms with Gasteiger partial charge in [-0.1, -0.05) is 0 Å². The zero-order valence-corrected chi connectivity index (χ0v) is 8.52. The molecule has 15 heavy (non-hydrogen) atoms. The molecule has 0 aliphatic carbocycles. The molecule has 0 radical (unpaired) electrons. The van der Waals surface area contributed by atoms with Crippen molar-refractivity contribution in [2.45, 2.75) is 18.6 Å². The van der Waals surface area contributed by atoms with Crippen LogP contribution < -0.4 is 5.32 Å². The fourth-order valence-corrected chi connectivity index (χ4v) is 1.60. The number of hydrogen-bond acceptors (Lipinski definition) is 5. The Kier molecular flexibility index (Phi) is 3.25. The van der Waals surface area contributed by atoms with Gasteiger partial charge >= 0.3 is 0 Å². The molecular formula is C10H15N3O2. The van der Waals surface area contributed by atoms with Gasteiger partial charge < -0.3 is 15.2 Å². The Morgan fingerprint density at radius 1 is 1.47 bits per heavy atom. The lowest BCUT2D eigenvalue weighted by molar-refractivity contribution is 0.0268. The van der Waals surface area contributed by atoms with Gasteiger partial charge in [0.2, 0.25) is 0 Å². The minimum absolute atomic E-state index is 0.422. The summed E-state index contributed by atoms with van der Waals surface area (Å²) in [5, 5.41) is 13.1. The van der Waals surface area contributed by atoms with E-state index >= 15 is 0 Å². The van der Waals surface area contributed by atoms with Gasteiger partial charge in [-0.3, -0.25) is 0 Å². The average molecular weight is 209 g/mol. The number of rotatable bonds is 4. The third kappa shape index (κ3) is 2.95. The van der Waals surface area contributed by atoms with Crippen molar-refractivity contribution in [1.29, 1.82) is 0 Å². The first kappa shape index (κ1) is 10.5. The quantitative estimate of drug-likeness (QED) is 0.713. The maximum atomic E-state index is 9.95. The molecule has 1 aromatic heterocycles. The molecule has 5 heteroatoms. The zero-order valence-electron chi connectivity index (χ0n) is 8.52. The molecule has 82 valence electrons. The van der Waals surface area contributed by atoms with Gasteiger partial charge in [0.05, 0.1) is 6.61 Å². The van der Waals surface area contributed by atoms with Crippen LogP contribution in [-0.2, 0) is 11.3 Å². The molecule has 0 aromatic carbocycles. The monoisotopic (exact) mass is 209 g/mol. The Labute approximate surface area is 88.5 Å². The molecule has 2 N–H and O–H groups in total. The van der Waals surface area contributed by atoms with Gasteiger partial charge in [0.15, 0.2) is 0 Å². The van der Waals surface area contributed by atoms with E-state index < -0.39 is 5.60 Å². The minimum Gasteiger partial charge on any atom is -0.386 e. The van der Waals surface area contributed by atoms with Crippen molar-refractivity contribution in [2.24, 2.45) is 0 Å². The van der Waals surface area contributed by atoms with E-state index in [0.29, 0.717) is 32.7 Å². The van der Waals surface area contributed by atoms with E-state index in [1.54, 1.807) is 12.4 Å². The van der Waals surface area contributed by atoms with Crippen LogP contribution in [0.4, 0.5) is 0 Å². The molecular weight excluding hydrogens is 194 g/mol. The molecule has 1 unspecified atom stereocenters. The van der Waals surface area contributed by atoms with E-state index in [1.165, 1.54) is 6.33 Å². The predicted molar refractivity (Wildman–Crippen MR) is 54.1 cm³/mol. The molecule has 5 nitrogen and oxygen atoms in total. The van der Waals surface area contributed by atoms with Crippen LogP contribution in [0.25, 0.3) is 0 Å². The normalized spacial score (nSPS) is 25.7. The maximum absolute atomic E-state index is 9.95. The molecule has 2 heterocycles. The summed E-state index contributed by atoms with van der Waals surface area (Å²) in [6, 6.07) is 0. The van der Waals surface area contributed by atoms with E-state index in [-0.39, 0.29) is 0 Å². The standard InChI is InChI=1S/C10H15N3O2/c14-10(1-2-15-7-10)6-11-3-9-4-12-8-13-5-9/h4-5,8,11,14H,1-3,6-7H2. The summed E-state index contributed by atoms with van der Waals surface area (Å²) in [7, 11) is 0. The van der Waals surface area contributed by atoms with Crippen molar-refractivity contribution >= 4 is 0 Å². The molecule has 0 amide bonds. The second kappa shape index (κ2) is 4.65. The van der Waals surface area contributed by atoms with Gasteiger partial charge in [-0.25, -0.2) is 9.97 Å². The van der Waals surface area contributed by atoms with Crippen LogP contribution in [-0.4, -0.2) is 40.4 Å². The molecule has 1 aliphatic heterocycles. The van der Waals surface area contributed by atoms with E-state index in [0.717, 1.165) is 5.56 Å². The highest BCUT2D eigenvalue weighted by molar-refractivity contribution is 5.01. The molecule has 0 spiro atoms. The molecule has 0 saturated carbocycles.